The van der Waals surface area contributed by atoms with Crippen LogP contribution >= 0.6 is 14.9 Å². The van der Waals surface area contributed by atoms with Gasteiger partial charge in [0.05, 0.1) is 32.7 Å². The fraction of sp³-hybridized carbons (Fsp3) is 1.00. The van der Waals surface area contributed by atoms with Crippen molar-refractivity contribution in [3.63, 3.8) is 0 Å². The lowest BCUT2D eigenvalue weighted by Crippen LogP contribution is -2.57. The molecule has 0 bridgehead atoms. The third-order valence-corrected chi connectivity index (χ3v) is 12.0. The molecule has 2 heterocycles. The molecule has 2 saturated heterocycles. The van der Waals surface area contributed by atoms with Gasteiger partial charge in [-0.1, -0.05) is 0 Å². The molecule has 1 atom stereocenters. The molecule has 0 amide bonds. The summed E-state index contributed by atoms with van der Waals surface area (Å²) in [6, 6.07) is 0.683. The maximum atomic E-state index is 6.45. The number of nitrogens with zero attached hydrogens (tertiary/aromatic N) is 1. The van der Waals surface area contributed by atoms with E-state index in [0.717, 1.165) is 0 Å². The SMILES string of the molecule is CC1(C)O[P+](C)(C)C[P+](C)(C)N2CC[C@H]21. The predicted molar refractivity (Wildman–Crippen MR) is 72.7 cm³/mol. The average Bonchev–Trinajstić information content (AvgIpc) is 1.72. The van der Waals surface area contributed by atoms with Crippen molar-refractivity contribution in [1.29, 1.82) is 0 Å². The van der Waals surface area contributed by atoms with Gasteiger partial charge in [-0.05, 0) is 20.3 Å². The van der Waals surface area contributed by atoms with Crippen LogP contribution in [-0.4, -0.2) is 55.4 Å². The van der Waals surface area contributed by atoms with E-state index in [4.69, 9.17) is 4.52 Å². The van der Waals surface area contributed by atoms with Crippen LogP contribution in [0.1, 0.15) is 20.3 Å². The smallest absolute Gasteiger partial charge is 0.201 e. The standard InChI is InChI=1S/C11H25NOP2/c1-11(2)10-7-8-12(10)14(3,4)9-15(5,6)13-11/h10H,7-9H2,1-6H3/q+2/t10-/m0/s1. The fourth-order valence-corrected chi connectivity index (χ4v) is 14.1. The molecular formula is C11H25NOP2+2. The summed E-state index contributed by atoms with van der Waals surface area (Å²) in [6.45, 7) is 15.6. The van der Waals surface area contributed by atoms with Gasteiger partial charge in [0.25, 0.3) is 0 Å². The molecule has 2 aliphatic rings. The molecule has 0 saturated carbocycles. The first kappa shape index (κ1) is 12.2. The van der Waals surface area contributed by atoms with Crippen molar-refractivity contribution < 1.29 is 4.52 Å². The number of hydrogen-bond acceptors (Lipinski definition) is 2. The first-order valence-electron chi connectivity index (χ1n) is 5.78. The first-order valence-corrected chi connectivity index (χ1v) is 11.4. The summed E-state index contributed by atoms with van der Waals surface area (Å²) in [5.74, 6) is 1.33. The van der Waals surface area contributed by atoms with Crippen LogP contribution in [0.25, 0.3) is 0 Å². The van der Waals surface area contributed by atoms with E-state index >= 15 is 0 Å². The van der Waals surface area contributed by atoms with Gasteiger partial charge in [-0.25, -0.2) is 4.52 Å². The highest BCUT2D eigenvalue weighted by atomic mass is 31.2. The van der Waals surface area contributed by atoms with Gasteiger partial charge in [0, 0.05) is 6.54 Å². The molecule has 88 valence electrons. The van der Waals surface area contributed by atoms with E-state index in [9.17, 15) is 0 Å². The van der Waals surface area contributed by atoms with Gasteiger partial charge in [-0.3, -0.25) is 0 Å². The normalized spacial score (nSPS) is 37.6. The lowest BCUT2D eigenvalue weighted by molar-refractivity contribution is 0.000122. The van der Waals surface area contributed by atoms with Crippen LogP contribution in [0.2, 0.25) is 0 Å². The highest BCUT2D eigenvalue weighted by molar-refractivity contribution is 7.87. The van der Waals surface area contributed by atoms with E-state index in [1.807, 2.05) is 0 Å². The Morgan fingerprint density at radius 3 is 2.27 bits per heavy atom. The van der Waals surface area contributed by atoms with Gasteiger partial charge < -0.3 is 0 Å². The fourth-order valence-electron chi connectivity index (χ4n) is 3.37. The molecule has 4 heteroatoms. The molecule has 0 unspecified atom stereocenters. The minimum atomic E-state index is -1.15. The summed E-state index contributed by atoms with van der Waals surface area (Å²) >= 11 is 0. The lowest BCUT2D eigenvalue weighted by Gasteiger charge is -2.46. The summed E-state index contributed by atoms with van der Waals surface area (Å²) in [7, 11) is -2.03. The van der Waals surface area contributed by atoms with Crippen molar-refractivity contribution >= 4 is 14.9 Å². The second-order valence-electron chi connectivity index (χ2n) is 6.50. The van der Waals surface area contributed by atoms with Gasteiger partial charge in [0.1, 0.15) is 13.0 Å². The monoisotopic (exact) mass is 249 g/mol. The summed E-state index contributed by atoms with van der Waals surface area (Å²) < 4.78 is 9.22. The van der Waals surface area contributed by atoms with Crippen LogP contribution < -0.4 is 0 Å². The topological polar surface area (TPSA) is 12.5 Å². The summed E-state index contributed by atoms with van der Waals surface area (Å²) in [4.78, 5) is 0. The van der Waals surface area contributed by atoms with E-state index in [-0.39, 0.29) is 5.60 Å². The molecule has 0 aromatic carbocycles. The second kappa shape index (κ2) is 3.39. The largest absolute Gasteiger partial charge is 0.227 e. The van der Waals surface area contributed by atoms with Crippen LogP contribution in [0.5, 0.6) is 0 Å². The number of rotatable bonds is 0. The van der Waals surface area contributed by atoms with E-state index in [1.54, 1.807) is 0 Å². The Morgan fingerprint density at radius 1 is 1.20 bits per heavy atom. The van der Waals surface area contributed by atoms with E-state index in [2.05, 4.69) is 45.2 Å². The van der Waals surface area contributed by atoms with E-state index in [0.29, 0.717) is 6.04 Å². The molecule has 0 N–H and O–H groups in total. The zero-order valence-electron chi connectivity index (χ0n) is 10.9. The highest BCUT2D eigenvalue weighted by Gasteiger charge is 2.61. The zero-order chi connectivity index (χ0) is 11.5. The van der Waals surface area contributed by atoms with Crippen LogP contribution in [0, 0.1) is 0 Å². The predicted octanol–water partition coefficient (Wildman–Crippen LogP) is 3.21. The summed E-state index contributed by atoms with van der Waals surface area (Å²) in [5.41, 5.74) is 0.0727. The van der Waals surface area contributed by atoms with E-state index in [1.165, 1.54) is 18.9 Å². The maximum Gasteiger partial charge on any atom is 0.201 e. The van der Waals surface area contributed by atoms with Crippen LogP contribution in [0.3, 0.4) is 0 Å². The van der Waals surface area contributed by atoms with Crippen LogP contribution in [0.15, 0.2) is 0 Å². The molecule has 0 aromatic heterocycles. The Kier molecular flexibility index (Phi) is 2.77. The molecule has 2 nitrogen and oxygen atoms in total. The van der Waals surface area contributed by atoms with Crippen molar-refractivity contribution in [2.75, 3.05) is 39.1 Å². The molecule has 2 aliphatic heterocycles. The molecule has 0 spiro atoms. The van der Waals surface area contributed by atoms with Crippen molar-refractivity contribution in [2.45, 2.75) is 31.9 Å². The van der Waals surface area contributed by atoms with Crippen molar-refractivity contribution in [3.05, 3.63) is 0 Å². The molecular weight excluding hydrogens is 224 g/mol. The second-order valence-corrected chi connectivity index (χ2v) is 14.7. The Labute approximate surface area is 95.6 Å². The molecule has 0 aromatic rings. The van der Waals surface area contributed by atoms with Gasteiger partial charge in [0.15, 0.2) is 7.49 Å². The Bertz CT molecular complexity index is 250. The maximum absolute atomic E-state index is 6.45. The zero-order valence-corrected chi connectivity index (χ0v) is 12.7. The minimum absolute atomic E-state index is 0.0727. The molecule has 0 aliphatic carbocycles. The van der Waals surface area contributed by atoms with Crippen molar-refractivity contribution in [3.8, 4) is 0 Å². The minimum Gasteiger partial charge on any atom is -0.227 e. The van der Waals surface area contributed by atoms with Crippen LogP contribution in [-0.2, 0) is 4.52 Å². The van der Waals surface area contributed by atoms with Gasteiger partial charge >= 0.3 is 0 Å². The molecule has 0 radical (unpaired) electrons. The average molecular weight is 249 g/mol. The Morgan fingerprint density at radius 2 is 1.80 bits per heavy atom. The van der Waals surface area contributed by atoms with Gasteiger partial charge in [0.2, 0.25) is 5.90 Å². The summed E-state index contributed by atoms with van der Waals surface area (Å²) in [6.07, 6.45) is 1.33. The number of fused-ring (bicyclic) bond motifs is 1. The van der Waals surface area contributed by atoms with Crippen molar-refractivity contribution in [2.24, 2.45) is 0 Å². The first-order chi connectivity index (χ1) is 6.64. The summed E-state index contributed by atoms with van der Waals surface area (Å²) in [5, 5.41) is 0. The third-order valence-electron chi connectivity index (χ3n) is 3.66. The van der Waals surface area contributed by atoms with Crippen molar-refractivity contribution in [1.82, 2.24) is 4.67 Å². The quantitative estimate of drug-likeness (QED) is 0.611. The highest BCUT2D eigenvalue weighted by Crippen LogP contribution is 2.76. The van der Waals surface area contributed by atoms with E-state index < -0.39 is 14.9 Å². The molecule has 2 rings (SSSR count). The Hall–Kier alpha value is 0.780. The number of hydrogen-bond donors (Lipinski definition) is 0. The molecule has 2 fully saturated rings. The van der Waals surface area contributed by atoms with Crippen LogP contribution in [0.4, 0.5) is 0 Å². The third kappa shape index (κ3) is 2.12. The van der Waals surface area contributed by atoms with Gasteiger partial charge in [-0.15, -0.1) is 0 Å². The Balaban J connectivity index is 2.32. The molecule has 15 heavy (non-hydrogen) atoms. The van der Waals surface area contributed by atoms with Gasteiger partial charge in [-0.2, -0.15) is 4.67 Å². The lowest BCUT2D eigenvalue weighted by atomic mass is 9.91.